The van der Waals surface area contributed by atoms with Gasteiger partial charge in [-0.05, 0) is 50.0 Å². The first-order chi connectivity index (χ1) is 9.63. The molecular formula is C15H20FNO3. The van der Waals surface area contributed by atoms with Gasteiger partial charge < -0.3 is 9.84 Å². The zero-order valence-corrected chi connectivity index (χ0v) is 11.6. The number of piperidine rings is 1. The molecule has 1 N–H and O–H groups in total. The predicted octanol–water partition coefficient (Wildman–Crippen LogP) is 1.82. The number of nitrogens with zero attached hydrogens (tertiary/aromatic N) is 1. The molecule has 1 aliphatic rings. The van der Waals surface area contributed by atoms with Crippen LogP contribution >= 0.6 is 0 Å². The molecule has 1 aromatic carbocycles. The van der Waals surface area contributed by atoms with Gasteiger partial charge >= 0.3 is 5.97 Å². The first kappa shape index (κ1) is 14.9. The average molecular weight is 281 g/mol. The summed E-state index contributed by atoms with van der Waals surface area (Å²) in [5.74, 6) is -0.398. The number of likely N-dealkylation sites (tertiary alicyclic amines) is 1. The fourth-order valence-electron chi connectivity index (χ4n) is 2.51. The van der Waals surface area contributed by atoms with E-state index >= 15 is 0 Å². The van der Waals surface area contributed by atoms with Crippen LogP contribution < -0.4 is 0 Å². The molecule has 0 bridgehead atoms. The van der Waals surface area contributed by atoms with E-state index in [1.54, 1.807) is 6.07 Å². The minimum absolute atomic E-state index is 0.222. The second-order valence-corrected chi connectivity index (χ2v) is 5.20. The smallest absolute Gasteiger partial charge is 0.337 e. The van der Waals surface area contributed by atoms with Crippen molar-refractivity contribution in [1.29, 1.82) is 0 Å². The first-order valence-corrected chi connectivity index (χ1v) is 6.84. The van der Waals surface area contributed by atoms with Crippen LogP contribution in [0.5, 0.6) is 0 Å². The normalized spacial score (nSPS) is 17.1. The summed E-state index contributed by atoms with van der Waals surface area (Å²) in [5.41, 5.74) is 0.879. The molecule has 1 saturated heterocycles. The molecule has 0 spiro atoms. The number of halogens is 1. The maximum atomic E-state index is 13.8. The average Bonchev–Trinajstić information content (AvgIpc) is 2.49. The van der Waals surface area contributed by atoms with E-state index < -0.39 is 5.97 Å². The van der Waals surface area contributed by atoms with Crippen LogP contribution in [0.2, 0.25) is 0 Å². The SMILES string of the molecule is COC(=O)c1ccc(F)c(CN2CCC(CO)CC2)c1. The monoisotopic (exact) mass is 281 g/mol. The van der Waals surface area contributed by atoms with Crippen LogP contribution in [0.1, 0.15) is 28.8 Å². The van der Waals surface area contributed by atoms with Crippen molar-refractivity contribution in [1.82, 2.24) is 4.90 Å². The Morgan fingerprint density at radius 2 is 2.15 bits per heavy atom. The molecule has 0 amide bonds. The molecule has 20 heavy (non-hydrogen) atoms. The van der Waals surface area contributed by atoms with Gasteiger partial charge in [0.1, 0.15) is 5.82 Å². The number of aliphatic hydroxyl groups is 1. The number of esters is 1. The Bertz CT molecular complexity index is 470. The molecule has 0 unspecified atom stereocenters. The fourth-order valence-corrected chi connectivity index (χ4v) is 2.51. The summed E-state index contributed by atoms with van der Waals surface area (Å²) in [5, 5.41) is 9.11. The van der Waals surface area contributed by atoms with E-state index in [-0.39, 0.29) is 12.4 Å². The molecule has 1 heterocycles. The minimum Gasteiger partial charge on any atom is -0.465 e. The van der Waals surface area contributed by atoms with Crippen LogP contribution in [0.4, 0.5) is 4.39 Å². The Labute approximate surface area is 118 Å². The van der Waals surface area contributed by atoms with Gasteiger partial charge in [0, 0.05) is 18.7 Å². The van der Waals surface area contributed by atoms with E-state index in [1.165, 1.54) is 19.2 Å². The number of methoxy groups -OCH3 is 1. The number of hydrogen-bond acceptors (Lipinski definition) is 4. The highest BCUT2D eigenvalue weighted by atomic mass is 19.1. The van der Waals surface area contributed by atoms with Crippen LogP contribution in [0.3, 0.4) is 0 Å². The molecule has 110 valence electrons. The molecule has 0 saturated carbocycles. The summed E-state index contributed by atoms with van der Waals surface area (Å²) >= 11 is 0. The third kappa shape index (κ3) is 3.55. The second-order valence-electron chi connectivity index (χ2n) is 5.20. The molecule has 1 aromatic rings. The van der Waals surface area contributed by atoms with Crippen molar-refractivity contribution in [2.45, 2.75) is 19.4 Å². The third-order valence-electron chi connectivity index (χ3n) is 3.83. The molecule has 4 nitrogen and oxygen atoms in total. The van der Waals surface area contributed by atoms with E-state index in [9.17, 15) is 9.18 Å². The molecule has 0 radical (unpaired) electrons. The van der Waals surface area contributed by atoms with Crippen molar-refractivity contribution in [2.75, 3.05) is 26.8 Å². The zero-order valence-electron chi connectivity index (χ0n) is 11.6. The lowest BCUT2D eigenvalue weighted by molar-refractivity contribution is 0.0600. The molecule has 0 aliphatic carbocycles. The van der Waals surface area contributed by atoms with E-state index in [1.807, 2.05) is 0 Å². The van der Waals surface area contributed by atoms with Crippen molar-refractivity contribution in [3.63, 3.8) is 0 Å². The maximum Gasteiger partial charge on any atom is 0.337 e. The largest absolute Gasteiger partial charge is 0.465 e. The van der Waals surface area contributed by atoms with Gasteiger partial charge in [-0.2, -0.15) is 0 Å². The van der Waals surface area contributed by atoms with Gasteiger partial charge in [-0.1, -0.05) is 0 Å². The predicted molar refractivity (Wildman–Crippen MR) is 72.8 cm³/mol. The molecule has 2 rings (SSSR count). The number of ether oxygens (including phenoxy) is 1. The van der Waals surface area contributed by atoms with E-state index in [4.69, 9.17) is 5.11 Å². The Hall–Kier alpha value is -1.46. The first-order valence-electron chi connectivity index (χ1n) is 6.84. The van der Waals surface area contributed by atoms with Gasteiger partial charge in [0.05, 0.1) is 12.7 Å². The number of benzene rings is 1. The third-order valence-corrected chi connectivity index (χ3v) is 3.83. The van der Waals surface area contributed by atoms with Gasteiger partial charge in [-0.3, -0.25) is 4.90 Å². The summed E-state index contributed by atoms with van der Waals surface area (Å²) in [6.07, 6.45) is 1.85. The Kier molecular flexibility index (Phi) is 5.09. The lowest BCUT2D eigenvalue weighted by atomic mass is 9.97. The summed E-state index contributed by atoms with van der Waals surface area (Å²) < 4.78 is 18.5. The summed E-state index contributed by atoms with van der Waals surface area (Å²) in [6.45, 7) is 2.38. The molecule has 1 aliphatic heterocycles. The van der Waals surface area contributed by atoms with E-state index in [0.29, 0.717) is 23.6 Å². The highest BCUT2D eigenvalue weighted by Crippen LogP contribution is 2.20. The van der Waals surface area contributed by atoms with Crippen LogP contribution in [0.15, 0.2) is 18.2 Å². The standard InChI is InChI=1S/C15H20FNO3/c1-20-15(19)12-2-3-14(16)13(8-12)9-17-6-4-11(10-18)5-7-17/h2-3,8,11,18H,4-7,9-10H2,1H3. The molecule has 5 heteroatoms. The fraction of sp³-hybridized carbons (Fsp3) is 0.533. The second kappa shape index (κ2) is 6.81. The van der Waals surface area contributed by atoms with Crippen molar-refractivity contribution in [3.05, 3.63) is 35.1 Å². The number of rotatable bonds is 4. The van der Waals surface area contributed by atoms with Crippen molar-refractivity contribution in [2.24, 2.45) is 5.92 Å². The minimum atomic E-state index is -0.453. The van der Waals surface area contributed by atoms with Crippen molar-refractivity contribution < 1.29 is 19.0 Å². The van der Waals surface area contributed by atoms with Crippen LogP contribution in [0.25, 0.3) is 0 Å². The Balaban J connectivity index is 2.03. The molecule has 0 atom stereocenters. The van der Waals surface area contributed by atoms with Crippen molar-refractivity contribution >= 4 is 5.97 Å². The van der Waals surface area contributed by atoms with Crippen LogP contribution in [0, 0.1) is 11.7 Å². The topological polar surface area (TPSA) is 49.8 Å². The van der Waals surface area contributed by atoms with E-state index in [2.05, 4.69) is 9.64 Å². The zero-order chi connectivity index (χ0) is 14.5. The Morgan fingerprint density at radius 3 is 2.75 bits per heavy atom. The lowest BCUT2D eigenvalue weighted by Crippen LogP contribution is -2.34. The molecular weight excluding hydrogens is 261 g/mol. The summed E-state index contributed by atoms with van der Waals surface area (Å²) in [6, 6.07) is 4.30. The van der Waals surface area contributed by atoms with Crippen molar-refractivity contribution in [3.8, 4) is 0 Å². The highest BCUT2D eigenvalue weighted by molar-refractivity contribution is 5.89. The van der Waals surface area contributed by atoms with Gasteiger partial charge in [0.2, 0.25) is 0 Å². The van der Waals surface area contributed by atoms with Crippen LogP contribution in [-0.4, -0.2) is 42.8 Å². The quantitative estimate of drug-likeness (QED) is 0.855. The summed E-state index contributed by atoms with van der Waals surface area (Å²) in [7, 11) is 1.31. The van der Waals surface area contributed by atoms with E-state index in [0.717, 1.165) is 25.9 Å². The highest BCUT2D eigenvalue weighted by Gasteiger charge is 2.20. The number of carbonyl (C=O) groups excluding carboxylic acids is 1. The Morgan fingerprint density at radius 1 is 1.45 bits per heavy atom. The van der Waals surface area contributed by atoms with Gasteiger partial charge in [-0.25, -0.2) is 9.18 Å². The van der Waals surface area contributed by atoms with Gasteiger partial charge in [0.15, 0.2) is 0 Å². The lowest BCUT2D eigenvalue weighted by Gasteiger charge is -2.31. The maximum absolute atomic E-state index is 13.8. The van der Waals surface area contributed by atoms with Gasteiger partial charge in [0.25, 0.3) is 0 Å². The summed E-state index contributed by atoms with van der Waals surface area (Å²) in [4.78, 5) is 13.6. The molecule has 1 fully saturated rings. The number of aliphatic hydroxyl groups excluding tert-OH is 1. The molecule has 0 aromatic heterocycles. The van der Waals surface area contributed by atoms with Crippen LogP contribution in [-0.2, 0) is 11.3 Å². The van der Waals surface area contributed by atoms with Gasteiger partial charge in [-0.15, -0.1) is 0 Å². The number of carbonyl (C=O) groups is 1. The number of hydrogen-bond donors (Lipinski definition) is 1.